The third kappa shape index (κ3) is 4.27. The first-order chi connectivity index (χ1) is 13.2. The highest BCUT2D eigenvalue weighted by Crippen LogP contribution is 2.33. The normalized spacial score (nSPS) is 17.4. The predicted octanol–water partition coefficient (Wildman–Crippen LogP) is 3.87. The van der Waals surface area contributed by atoms with Gasteiger partial charge in [-0.2, -0.15) is 0 Å². The number of hydrogen-bond acceptors (Lipinski definition) is 4. The van der Waals surface area contributed by atoms with Crippen LogP contribution >= 0.6 is 0 Å². The van der Waals surface area contributed by atoms with E-state index in [1.165, 1.54) is 24.3 Å². The largest absolute Gasteiger partial charge is 0.478 e. The van der Waals surface area contributed by atoms with Gasteiger partial charge in [0.05, 0.1) is 21.8 Å². The van der Waals surface area contributed by atoms with E-state index in [1.54, 1.807) is 13.0 Å². The number of carboxylic acid groups (broad SMARTS) is 1. The Bertz CT molecular complexity index is 1010. The summed E-state index contributed by atoms with van der Waals surface area (Å²) < 4.78 is 41.9. The number of aryl methyl sites for hydroxylation is 1. The van der Waals surface area contributed by atoms with Gasteiger partial charge in [0.15, 0.2) is 0 Å². The molecule has 0 radical (unpaired) electrons. The van der Waals surface area contributed by atoms with E-state index in [9.17, 15) is 22.7 Å². The van der Waals surface area contributed by atoms with Crippen LogP contribution in [0.1, 0.15) is 35.7 Å². The quantitative estimate of drug-likeness (QED) is 0.787. The maximum atomic E-state index is 13.6. The molecule has 2 N–H and O–H groups in total. The molecule has 1 aliphatic heterocycles. The molecule has 2 aromatic rings. The zero-order valence-electron chi connectivity index (χ0n) is 15.8. The number of hydrogen-bond donors (Lipinski definition) is 2. The van der Waals surface area contributed by atoms with E-state index in [2.05, 4.69) is 16.5 Å². The van der Waals surface area contributed by atoms with E-state index >= 15 is 0 Å². The van der Waals surface area contributed by atoms with Gasteiger partial charge < -0.3 is 10.0 Å². The van der Waals surface area contributed by atoms with Crippen molar-refractivity contribution in [3.05, 3.63) is 53.3 Å². The highest BCUT2D eigenvalue weighted by Gasteiger charge is 2.24. The molecule has 0 amide bonds. The molecular formula is C20H23FN2O4S. The van der Waals surface area contributed by atoms with Crippen molar-refractivity contribution < 1.29 is 22.7 Å². The van der Waals surface area contributed by atoms with E-state index in [4.69, 9.17) is 0 Å². The molecular weight excluding hydrogens is 383 g/mol. The standard InChI is InChI=1S/C20H23FN2O4S/c1-13-4-3-9-23(12-13)18-8-6-15(20(24)25)10-17(18)22-28(26,27)19-11-16(21)7-5-14(19)2/h5-8,10-11,13,22H,3-4,9,12H2,1-2H3,(H,24,25)/t13-/m1/s1. The van der Waals surface area contributed by atoms with E-state index < -0.39 is 21.8 Å². The fourth-order valence-corrected chi connectivity index (χ4v) is 4.82. The molecule has 0 spiro atoms. The number of carboxylic acids is 1. The van der Waals surface area contributed by atoms with Gasteiger partial charge in [-0.05, 0) is 61.6 Å². The van der Waals surface area contributed by atoms with Gasteiger partial charge in [0.2, 0.25) is 0 Å². The predicted molar refractivity (Wildman–Crippen MR) is 106 cm³/mol. The molecule has 28 heavy (non-hydrogen) atoms. The number of rotatable bonds is 5. The van der Waals surface area contributed by atoms with Crippen LogP contribution in [0.2, 0.25) is 0 Å². The van der Waals surface area contributed by atoms with Gasteiger partial charge in [-0.3, -0.25) is 4.72 Å². The average molecular weight is 406 g/mol. The third-order valence-corrected chi connectivity index (χ3v) is 6.43. The lowest BCUT2D eigenvalue weighted by molar-refractivity contribution is 0.0697. The Morgan fingerprint density at radius 3 is 2.68 bits per heavy atom. The van der Waals surface area contributed by atoms with Crippen molar-refractivity contribution in [1.29, 1.82) is 0 Å². The first-order valence-electron chi connectivity index (χ1n) is 9.08. The van der Waals surface area contributed by atoms with Crippen LogP contribution in [0.4, 0.5) is 15.8 Å². The molecule has 1 heterocycles. The van der Waals surface area contributed by atoms with Gasteiger partial charge >= 0.3 is 5.97 Å². The van der Waals surface area contributed by atoms with Crippen LogP contribution in [0, 0.1) is 18.7 Å². The maximum absolute atomic E-state index is 13.6. The minimum atomic E-state index is -4.09. The Hall–Kier alpha value is -2.61. The molecule has 8 heteroatoms. The van der Waals surface area contributed by atoms with Crippen molar-refractivity contribution in [3.8, 4) is 0 Å². The molecule has 0 saturated carbocycles. The number of nitrogens with zero attached hydrogens (tertiary/aromatic N) is 1. The number of anilines is 2. The second kappa shape index (κ2) is 7.79. The summed E-state index contributed by atoms with van der Waals surface area (Å²) in [6.07, 6.45) is 2.06. The molecule has 150 valence electrons. The smallest absolute Gasteiger partial charge is 0.335 e. The number of benzene rings is 2. The van der Waals surface area contributed by atoms with Crippen LogP contribution in [0.5, 0.6) is 0 Å². The summed E-state index contributed by atoms with van der Waals surface area (Å²) in [6.45, 7) is 5.21. The Balaban J connectivity index is 2.04. The van der Waals surface area contributed by atoms with E-state index in [0.717, 1.165) is 32.0 Å². The van der Waals surface area contributed by atoms with Gasteiger partial charge in [0.1, 0.15) is 5.82 Å². The molecule has 6 nitrogen and oxygen atoms in total. The number of halogens is 1. The van der Waals surface area contributed by atoms with Crippen molar-refractivity contribution in [1.82, 2.24) is 0 Å². The summed E-state index contributed by atoms with van der Waals surface area (Å²) in [6, 6.07) is 7.94. The monoisotopic (exact) mass is 406 g/mol. The topological polar surface area (TPSA) is 86.7 Å². The van der Waals surface area contributed by atoms with E-state index in [0.29, 0.717) is 17.2 Å². The fraction of sp³-hybridized carbons (Fsp3) is 0.350. The van der Waals surface area contributed by atoms with Gasteiger partial charge in [-0.1, -0.05) is 13.0 Å². The summed E-state index contributed by atoms with van der Waals surface area (Å²) in [5, 5.41) is 9.31. The van der Waals surface area contributed by atoms with Crippen LogP contribution < -0.4 is 9.62 Å². The zero-order valence-corrected chi connectivity index (χ0v) is 16.6. The van der Waals surface area contributed by atoms with Gasteiger partial charge in [0, 0.05) is 13.1 Å². The van der Waals surface area contributed by atoms with Crippen LogP contribution in [0.3, 0.4) is 0 Å². The van der Waals surface area contributed by atoms with E-state index in [1.807, 2.05) is 0 Å². The summed E-state index contributed by atoms with van der Waals surface area (Å²) in [5.41, 5.74) is 1.17. The SMILES string of the molecule is Cc1ccc(F)cc1S(=O)(=O)Nc1cc(C(=O)O)ccc1N1CCC[C@@H](C)C1. The van der Waals surface area contributed by atoms with Gasteiger partial charge in [-0.15, -0.1) is 0 Å². The molecule has 1 aliphatic rings. The van der Waals surface area contributed by atoms with Crippen LogP contribution in [-0.4, -0.2) is 32.6 Å². The minimum Gasteiger partial charge on any atom is -0.478 e. The van der Waals surface area contributed by atoms with Crippen molar-refractivity contribution in [2.75, 3.05) is 22.7 Å². The van der Waals surface area contributed by atoms with Gasteiger partial charge in [-0.25, -0.2) is 17.6 Å². The lowest BCUT2D eigenvalue weighted by Crippen LogP contribution is -2.35. The van der Waals surface area contributed by atoms with Crippen molar-refractivity contribution in [2.24, 2.45) is 5.92 Å². The van der Waals surface area contributed by atoms with Crippen LogP contribution in [0.25, 0.3) is 0 Å². The maximum Gasteiger partial charge on any atom is 0.335 e. The molecule has 0 unspecified atom stereocenters. The average Bonchev–Trinajstić information content (AvgIpc) is 2.63. The molecule has 0 bridgehead atoms. The van der Waals surface area contributed by atoms with Crippen molar-refractivity contribution >= 4 is 27.4 Å². The Morgan fingerprint density at radius 2 is 2.00 bits per heavy atom. The minimum absolute atomic E-state index is 0.0255. The van der Waals surface area contributed by atoms with Crippen molar-refractivity contribution in [2.45, 2.75) is 31.6 Å². The molecule has 2 aromatic carbocycles. The lowest BCUT2D eigenvalue weighted by Gasteiger charge is -2.34. The Morgan fingerprint density at radius 1 is 1.25 bits per heavy atom. The summed E-state index contributed by atoms with van der Waals surface area (Å²) in [7, 11) is -4.09. The molecule has 0 aliphatic carbocycles. The second-order valence-corrected chi connectivity index (χ2v) is 8.90. The molecule has 1 fully saturated rings. The van der Waals surface area contributed by atoms with Crippen molar-refractivity contribution in [3.63, 3.8) is 0 Å². The van der Waals surface area contributed by atoms with Crippen LogP contribution in [-0.2, 0) is 10.0 Å². The zero-order chi connectivity index (χ0) is 20.5. The van der Waals surface area contributed by atoms with Crippen LogP contribution in [0.15, 0.2) is 41.3 Å². The number of nitrogens with one attached hydrogen (secondary N) is 1. The lowest BCUT2D eigenvalue weighted by atomic mass is 9.99. The van der Waals surface area contributed by atoms with E-state index in [-0.39, 0.29) is 16.1 Å². The summed E-state index contributed by atoms with van der Waals surface area (Å²) in [5.74, 6) is -1.36. The summed E-state index contributed by atoms with van der Waals surface area (Å²) in [4.78, 5) is 13.3. The highest BCUT2D eigenvalue weighted by molar-refractivity contribution is 7.92. The number of carbonyl (C=O) groups is 1. The second-order valence-electron chi connectivity index (χ2n) is 7.25. The molecule has 1 saturated heterocycles. The molecule has 3 rings (SSSR count). The molecule has 0 aromatic heterocycles. The number of sulfonamides is 1. The highest BCUT2D eigenvalue weighted by atomic mass is 32.2. The summed E-state index contributed by atoms with van der Waals surface area (Å²) >= 11 is 0. The first-order valence-corrected chi connectivity index (χ1v) is 10.6. The number of piperidine rings is 1. The fourth-order valence-electron chi connectivity index (χ4n) is 3.50. The molecule has 1 atom stereocenters. The first kappa shape index (κ1) is 20.1. The Labute approximate surface area is 164 Å². The van der Waals surface area contributed by atoms with Gasteiger partial charge in [0.25, 0.3) is 10.0 Å². The number of aromatic carboxylic acids is 1. The Kier molecular flexibility index (Phi) is 5.60. The third-order valence-electron chi connectivity index (χ3n) is 4.93.